The lowest BCUT2D eigenvalue weighted by molar-refractivity contribution is -0.263. The Morgan fingerprint density at radius 3 is 2.11 bits per heavy atom. The van der Waals surface area contributed by atoms with Crippen molar-refractivity contribution in [2.24, 2.45) is 0 Å². The van der Waals surface area contributed by atoms with Gasteiger partial charge in [0.05, 0.1) is 0 Å². The maximum atomic E-state index is 12.1. The monoisotopic (exact) mass is 258 g/mol. The van der Waals surface area contributed by atoms with Crippen LogP contribution in [-0.4, -0.2) is 67.7 Å². The minimum Gasteiger partial charge on any atom is -0.345 e. The lowest BCUT2D eigenvalue weighted by Gasteiger charge is -2.49. The molecule has 2 fully saturated rings. The van der Waals surface area contributed by atoms with Crippen LogP contribution in [0.5, 0.6) is 0 Å². The molecule has 2 atom stereocenters. The number of ether oxygens (including phenoxy) is 2. The largest absolute Gasteiger partial charge is 0.345 e. The molecule has 2 N–H and O–H groups in total. The van der Waals surface area contributed by atoms with Crippen LogP contribution < -0.4 is 10.6 Å². The predicted octanol–water partition coefficient (Wildman–Crippen LogP) is -1.53. The maximum absolute atomic E-state index is 12.1. The normalized spacial score (nSPS) is 35.4. The Hall–Kier alpha value is -1.87. The lowest BCUT2D eigenvalue weighted by atomic mass is 10.0. The fourth-order valence-corrected chi connectivity index (χ4v) is 2.40. The van der Waals surface area contributed by atoms with Gasteiger partial charge in [-0.3, -0.25) is 25.2 Å². The molecule has 0 aromatic rings. The fraction of sp³-hybridized carbons (Fsp3) is 0.667. The quantitative estimate of drug-likeness (QED) is 0.625. The first-order valence-electron chi connectivity index (χ1n) is 5.13. The standard InChI is InChI=1S/C9H14N4O5/c1-12-7(16)11-9(18-4)8(12,17-3)5(14)10-6(15)13(9)2/h1-4H3,(H,11,16)(H,10,14,15)/t8-,9+/m0/s1. The number of likely N-dealkylation sites (N-methyl/N-ethyl adjacent to an activating group) is 2. The number of methoxy groups -OCH3 is 2. The van der Waals surface area contributed by atoms with E-state index in [0.29, 0.717) is 0 Å². The zero-order chi connectivity index (χ0) is 13.7. The van der Waals surface area contributed by atoms with E-state index >= 15 is 0 Å². The Morgan fingerprint density at radius 1 is 1.00 bits per heavy atom. The average Bonchev–Trinajstić information content (AvgIpc) is 2.58. The molecule has 0 aromatic heterocycles. The predicted molar refractivity (Wildman–Crippen MR) is 57.1 cm³/mol. The van der Waals surface area contributed by atoms with Crippen molar-refractivity contribution < 1.29 is 23.9 Å². The molecule has 2 rings (SSSR count). The molecule has 0 aliphatic carbocycles. The third-order valence-electron chi connectivity index (χ3n) is 3.41. The van der Waals surface area contributed by atoms with Gasteiger partial charge in [-0.15, -0.1) is 0 Å². The summed E-state index contributed by atoms with van der Waals surface area (Å²) in [6.07, 6.45) is 0. The number of rotatable bonds is 2. The molecule has 0 aromatic carbocycles. The summed E-state index contributed by atoms with van der Waals surface area (Å²) in [6.45, 7) is 0. The van der Waals surface area contributed by atoms with Crippen LogP contribution in [0.3, 0.4) is 0 Å². The van der Waals surface area contributed by atoms with Crippen LogP contribution in [-0.2, 0) is 14.3 Å². The molecule has 2 heterocycles. The number of imide groups is 1. The molecule has 0 unspecified atom stereocenters. The van der Waals surface area contributed by atoms with Gasteiger partial charge in [0.15, 0.2) is 0 Å². The van der Waals surface area contributed by atoms with Gasteiger partial charge < -0.3 is 9.47 Å². The van der Waals surface area contributed by atoms with Crippen molar-refractivity contribution in [1.29, 1.82) is 0 Å². The van der Waals surface area contributed by atoms with Crippen LogP contribution in [0.4, 0.5) is 9.59 Å². The van der Waals surface area contributed by atoms with Crippen molar-refractivity contribution in [3.8, 4) is 0 Å². The van der Waals surface area contributed by atoms with Gasteiger partial charge >= 0.3 is 12.1 Å². The number of hydrogen-bond acceptors (Lipinski definition) is 5. The highest BCUT2D eigenvalue weighted by Crippen LogP contribution is 2.39. The van der Waals surface area contributed by atoms with Gasteiger partial charge in [0.1, 0.15) is 0 Å². The molecule has 100 valence electrons. The molecule has 5 amide bonds. The number of fused-ring (bicyclic) bond motifs is 1. The maximum Gasteiger partial charge on any atom is 0.327 e. The summed E-state index contributed by atoms with van der Waals surface area (Å²) in [5.41, 5.74) is -1.78. The SMILES string of the molecule is CO[C@@]12C(=O)NC(=O)N(C)[C@]1(OC)NC(=O)N2C. The van der Waals surface area contributed by atoms with Gasteiger partial charge in [-0.05, 0) is 0 Å². The van der Waals surface area contributed by atoms with Crippen molar-refractivity contribution in [2.75, 3.05) is 28.3 Å². The van der Waals surface area contributed by atoms with Gasteiger partial charge in [-0.1, -0.05) is 0 Å². The van der Waals surface area contributed by atoms with E-state index in [9.17, 15) is 14.4 Å². The first-order chi connectivity index (χ1) is 8.37. The minimum atomic E-state index is -1.78. The average molecular weight is 258 g/mol. The third-order valence-corrected chi connectivity index (χ3v) is 3.41. The molecular formula is C9H14N4O5. The van der Waals surface area contributed by atoms with E-state index in [1.165, 1.54) is 28.3 Å². The van der Waals surface area contributed by atoms with E-state index < -0.39 is 29.5 Å². The Bertz CT molecular complexity index is 441. The highest BCUT2D eigenvalue weighted by atomic mass is 16.6. The topological polar surface area (TPSA) is 100 Å². The number of hydrogen-bond donors (Lipinski definition) is 2. The molecule has 0 saturated carbocycles. The van der Waals surface area contributed by atoms with Gasteiger partial charge in [0, 0.05) is 28.3 Å². The number of carbonyl (C=O) groups excluding carboxylic acids is 3. The third kappa shape index (κ3) is 1.05. The van der Waals surface area contributed by atoms with Crippen LogP contribution >= 0.6 is 0 Å². The summed E-state index contributed by atoms with van der Waals surface area (Å²) < 4.78 is 10.5. The molecule has 0 spiro atoms. The van der Waals surface area contributed by atoms with E-state index in [4.69, 9.17) is 9.47 Å². The molecule has 0 bridgehead atoms. The second kappa shape index (κ2) is 3.56. The van der Waals surface area contributed by atoms with Crippen molar-refractivity contribution in [3.05, 3.63) is 0 Å². The van der Waals surface area contributed by atoms with Crippen molar-refractivity contribution in [3.63, 3.8) is 0 Å². The van der Waals surface area contributed by atoms with Crippen molar-refractivity contribution in [1.82, 2.24) is 20.4 Å². The summed E-state index contributed by atoms with van der Waals surface area (Å²) in [4.78, 5) is 37.7. The van der Waals surface area contributed by atoms with Gasteiger partial charge in [0.25, 0.3) is 17.5 Å². The first kappa shape index (κ1) is 12.6. The Balaban J connectivity index is 2.67. The summed E-state index contributed by atoms with van der Waals surface area (Å²) >= 11 is 0. The zero-order valence-corrected chi connectivity index (χ0v) is 10.4. The number of amides is 5. The number of nitrogens with one attached hydrogen (secondary N) is 2. The summed E-state index contributed by atoms with van der Waals surface area (Å²) in [5, 5.41) is 4.57. The second-order valence-corrected chi connectivity index (χ2v) is 4.00. The molecule has 2 aliphatic heterocycles. The highest BCUT2D eigenvalue weighted by Gasteiger charge is 2.74. The van der Waals surface area contributed by atoms with Crippen LogP contribution in [0.2, 0.25) is 0 Å². The van der Waals surface area contributed by atoms with Crippen LogP contribution in [0, 0.1) is 0 Å². The van der Waals surface area contributed by atoms with E-state index in [-0.39, 0.29) is 0 Å². The molecule has 2 saturated heterocycles. The van der Waals surface area contributed by atoms with E-state index in [1.807, 2.05) is 0 Å². The number of carbonyl (C=O) groups is 3. The Labute approximate surface area is 103 Å². The fourth-order valence-electron chi connectivity index (χ4n) is 2.40. The summed E-state index contributed by atoms with van der Waals surface area (Å²) in [7, 11) is 5.30. The van der Waals surface area contributed by atoms with E-state index in [0.717, 1.165) is 9.80 Å². The van der Waals surface area contributed by atoms with E-state index in [1.54, 1.807) is 0 Å². The second-order valence-electron chi connectivity index (χ2n) is 4.00. The molecule has 9 heteroatoms. The highest BCUT2D eigenvalue weighted by molar-refractivity contribution is 6.06. The molecule has 2 aliphatic rings. The molecule has 18 heavy (non-hydrogen) atoms. The van der Waals surface area contributed by atoms with Crippen LogP contribution in [0.15, 0.2) is 0 Å². The van der Waals surface area contributed by atoms with E-state index in [2.05, 4.69) is 10.6 Å². The molecule has 9 nitrogen and oxygen atoms in total. The summed E-state index contributed by atoms with van der Waals surface area (Å²) in [5.74, 6) is -2.47. The molecular weight excluding hydrogens is 244 g/mol. The first-order valence-corrected chi connectivity index (χ1v) is 5.13. The Morgan fingerprint density at radius 2 is 1.61 bits per heavy atom. The minimum absolute atomic E-state index is 0.588. The molecule has 0 radical (unpaired) electrons. The summed E-state index contributed by atoms with van der Waals surface area (Å²) in [6, 6.07) is -1.28. The van der Waals surface area contributed by atoms with Gasteiger partial charge in [0.2, 0.25) is 0 Å². The zero-order valence-electron chi connectivity index (χ0n) is 10.4. The smallest absolute Gasteiger partial charge is 0.327 e. The van der Waals surface area contributed by atoms with Crippen molar-refractivity contribution >= 4 is 18.0 Å². The van der Waals surface area contributed by atoms with Crippen LogP contribution in [0.1, 0.15) is 0 Å². The lowest BCUT2D eigenvalue weighted by Crippen LogP contribution is -2.81. The van der Waals surface area contributed by atoms with Crippen molar-refractivity contribution in [2.45, 2.75) is 11.6 Å². The number of nitrogens with zero attached hydrogens (tertiary/aromatic N) is 2. The van der Waals surface area contributed by atoms with Gasteiger partial charge in [-0.25, -0.2) is 9.59 Å². The van der Waals surface area contributed by atoms with Gasteiger partial charge in [-0.2, -0.15) is 0 Å². The van der Waals surface area contributed by atoms with Crippen LogP contribution in [0.25, 0.3) is 0 Å². The Kier molecular flexibility index (Phi) is 2.49. The number of urea groups is 2.